The predicted octanol–water partition coefficient (Wildman–Crippen LogP) is 6.28. The summed E-state index contributed by atoms with van der Waals surface area (Å²) in [6.45, 7) is 0. The molecular weight excluding hydrogens is 407 g/mol. The van der Waals surface area contributed by atoms with E-state index in [0.29, 0.717) is 10.8 Å². The normalized spacial score (nSPS) is 11.2. The standard InChI is InChI=1S/C21H9Cl3O3/c22-19(25)15-9-14-12-7-2-1-5-10(12)11-6-3-4-8-13(11)16(14)18(21(24)27)17(15)20(23)26/h1-9H. The first-order valence-electron chi connectivity index (χ1n) is 7.91. The molecule has 0 aliphatic heterocycles. The van der Waals surface area contributed by atoms with Crippen molar-refractivity contribution in [3.8, 4) is 0 Å². The first-order chi connectivity index (χ1) is 12.9. The average molecular weight is 416 g/mol. The van der Waals surface area contributed by atoms with Crippen molar-refractivity contribution in [2.45, 2.75) is 0 Å². The fourth-order valence-corrected chi connectivity index (χ4v) is 4.15. The number of halogens is 3. The van der Waals surface area contributed by atoms with Crippen LogP contribution in [0.1, 0.15) is 31.1 Å². The second kappa shape index (κ2) is 6.61. The lowest BCUT2D eigenvalue weighted by atomic mass is 9.88. The Balaban J connectivity index is 2.45. The van der Waals surface area contributed by atoms with Crippen molar-refractivity contribution in [1.82, 2.24) is 0 Å². The third-order valence-electron chi connectivity index (χ3n) is 4.64. The van der Waals surface area contributed by atoms with Gasteiger partial charge in [0.25, 0.3) is 15.7 Å². The molecule has 132 valence electrons. The van der Waals surface area contributed by atoms with Crippen LogP contribution in [0.5, 0.6) is 0 Å². The summed E-state index contributed by atoms with van der Waals surface area (Å²) in [6.07, 6.45) is 0. The molecule has 0 aliphatic carbocycles. The largest absolute Gasteiger partial charge is 0.276 e. The Morgan fingerprint density at radius 3 is 1.48 bits per heavy atom. The first-order valence-corrected chi connectivity index (χ1v) is 9.05. The van der Waals surface area contributed by atoms with E-state index < -0.39 is 15.7 Å². The predicted molar refractivity (Wildman–Crippen MR) is 110 cm³/mol. The topological polar surface area (TPSA) is 51.2 Å². The molecule has 0 N–H and O–H groups in total. The Morgan fingerprint density at radius 2 is 1.00 bits per heavy atom. The number of carbonyl (C=O) groups is 3. The molecule has 0 aromatic heterocycles. The van der Waals surface area contributed by atoms with Crippen LogP contribution in [-0.2, 0) is 0 Å². The molecule has 0 atom stereocenters. The summed E-state index contributed by atoms with van der Waals surface area (Å²) in [5, 5.41) is 1.67. The Morgan fingerprint density at radius 1 is 0.556 bits per heavy atom. The molecular formula is C21H9Cl3O3. The SMILES string of the molecule is O=C(Cl)c1cc2c3ccccc3c3ccccc3c2c(C(=O)Cl)c1C(=O)Cl. The summed E-state index contributed by atoms with van der Waals surface area (Å²) >= 11 is 17.3. The molecule has 0 amide bonds. The van der Waals surface area contributed by atoms with Gasteiger partial charge in [0.15, 0.2) is 0 Å². The Hall–Kier alpha value is -2.46. The third kappa shape index (κ3) is 2.71. The molecule has 0 radical (unpaired) electrons. The molecule has 4 rings (SSSR count). The van der Waals surface area contributed by atoms with Gasteiger partial charge in [-0.15, -0.1) is 0 Å². The molecule has 3 nitrogen and oxygen atoms in total. The van der Waals surface area contributed by atoms with Gasteiger partial charge >= 0.3 is 0 Å². The van der Waals surface area contributed by atoms with Gasteiger partial charge < -0.3 is 0 Å². The third-order valence-corrected chi connectivity index (χ3v) is 5.22. The molecule has 0 heterocycles. The van der Waals surface area contributed by atoms with Crippen LogP contribution in [0.2, 0.25) is 0 Å². The Kier molecular flexibility index (Phi) is 4.39. The highest BCUT2D eigenvalue weighted by Crippen LogP contribution is 2.40. The minimum atomic E-state index is -0.970. The molecule has 0 fully saturated rings. The van der Waals surface area contributed by atoms with E-state index in [1.165, 1.54) is 6.07 Å². The molecule has 0 saturated heterocycles. The molecule has 0 saturated carbocycles. The van der Waals surface area contributed by atoms with E-state index in [-0.39, 0.29) is 16.7 Å². The van der Waals surface area contributed by atoms with Crippen LogP contribution in [-0.4, -0.2) is 15.7 Å². The molecule has 6 heteroatoms. The molecule has 0 unspecified atom stereocenters. The van der Waals surface area contributed by atoms with Crippen LogP contribution in [0.25, 0.3) is 32.3 Å². The number of hydrogen-bond donors (Lipinski definition) is 0. The van der Waals surface area contributed by atoms with Crippen molar-refractivity contribution >= 4 is 82.8 Å². The zero-order chi connectivity index (χ0) is 19.3. The van der Waals surface area contributed by atoms with Gasteiger partial charge in [-0.1, -0.05) is 48.5 Å². The number of carbonyl (C=O) groups excluding carboxylic acids is 3. The van der Waals surface area contributed by atoms with E-state index >= 15 is 0 Å². The average Bonchev–Trinajstić information content (AvgIpc) is 2.66. The highest BCUT2D eigenvalue weighted by molar-refractivity contribution is 6.75. The van der Waals surface area contributed by atoms with Gasteiger partial charge in [-0.3, -0.25) is 14.4 Å². The number of benzene rings is 4. The minimum Gasteiger partial charge on any atom is -0.276 e. The van der Waals surface area contributed by atoms with Gasteiger partial charge in [0.1, 0.15) is 0 Å². The maximum absolute atomic E-state index is 12.3. The Labute approximate surface area is 168 Å². The van der Waals surface area contributed by atoms with Crippen molar-refractivity contribution in [2.24, 2.45) is 0 Å². The van der Waals surface area contributed by atoms with E-state index in [1.54, 1.807) is 0 Å². The zero-order valence-electron chi connectivity index (χ0n) is 13.6. The zero-order valence-corrected chi connectivity index (χ0v) is 15.8. The van der Waals surface area contributed by atoms with E-state index in [4.69, 9.17) is 34.8 Å². The van der Waals surface area contributed by atoms with Gasteiger partial charge in [0.2, 0.25) is 0 Å². The van der Waals surface area contributed by atoms with Crippen LogP contribution in [0, 0.1) is 0 Å². The van der Waals surface area contributed by atoms with Crippen molar-refractivity contribution < 1.29 is 14.4 Å². The van der Waals surface area contributed by atoms with Gasteiger partial charge in [-0.05, 0) is 67.8 Å². The minimum absolute atomic E-state index is 0.111. The number of fused-ring (bicyclic) bond motifs is 6. The first kappa shape index (κ1) is 17.9. The lowest BCUT2D eigenvalue weighted by Gasteiger charge is -2.16. The van der Waals surface area contributed by atoms with Gasteiger partial charge in [-0.2, -0.15) is 0 Å². The van der Waals surface area contributed by atoms with Crippen molar-refractivity contribution in [3.63, 3.8) is 0 Å². The second-order valence-corrected chi connectivity index (χ2v) is 7.04. The van der Waals surface area contributed by atoms with Crippen LogP contribution in [0.3, 0.4) is 0 Å². The lowest BCUT2D eigenvalue weighted by Crippen LogP contribution is -2.09. The fraction of sp³-hybridized carbons (Fsp3) is 0. The molecule has 27 heavy (non-hydrogen) atoms. The smallest absolute Gasteiger partial charge is 0.253 e. The van der Waals surface area contributed by atoms with Gasteiger partial charge in [0, 0.05) is 10.9 Å². The van der Waals surface area contributed by atoms with Gasteiger partial charge in [-0.25, -0.2) is 0 Å². The summed E-state index contributed by atoms with van der Waals surface area (Å²) in [4.78, 5) is 36.4. The van der Waals surface area contributed by atoms with E-state index in [2.05, 4.69) is 0 Å². The maximum Gasteiger partial charge on any atom is 0.253 e. The molecule has 0 spiro atoms. The lowest BCUT2D eigenvalue weighted by molar-refractivity contribution is 0.104. The Bertz CT molecular complexity index is 1310. The quantitative estimate of drug-likeness (QED) is 0.292. The highest BCUT2D eigenvalue weighted by Gasteiger charge is 2.27. The molecule has 0 bridgehead atoms. The maximum atomic E-state index is 12.3. The van der Waals surface area contributed by atoms with Crippen LogP contribution in [0.15, 0.2) is 54.6 Å². The van der Waals surface area contributed by atoms with Crippen LogP contribution in [0.4, 0.5) is 0 Å². The summed E-state index contributed by atoms with van der Waals surface area (Å²) < 4.78 is 0. The van der Waals surface area contributed by atoms with Crippen molar-refractivity contribution in [2.75, 3.05) is 0 Å². The number of hydrogen-bond acceptors (Lipinski definition) is 3. The fourth-order valence-electron chi connectivity index (χ4n) is 3.62. The summed E-state index contributed by atoms with van der Waals surface area (Å²) in [7, 11) is 0. The van der Waals surface area contributed by atoms with Gasteiger partial charge in [0.05, 0.1) is 11.1 Å². The molecule has 4 aromatic carbocycles. The second-order valence-electron chi connectivity index (χ2n) is 6.01. The van der Waals surface area contributed by atoms with Crippen LogP contribution < -0.4 is 0 Å². The molecule has 0 aliphatic rings. The summed E-state index contributed by atoms with van der Waals surface area (Å²) in [6, 6.07) is 16.5. The van der Waals surface area contributed by atoms with Crippen LogP contribution >= 0.6 is 34.8 Å². The molecule has 4 aromatic rings. The van der Waals surface area contributed by atoms with E-state index in [9.17, 15) is 14.4 Å². The monoisotopic (exact) mass is 414 g/mol. The van der Waals surface area contributed by atoms with Crippen molar-refractivity contribution in [1.29, 1.82) is 0 Å². The van der Waals surface area contributed by atoms with E-state index in [0.717, 1.165) is 21.5 Å². The number of rotatable bonds is 3. The van der Waals surface area contributed by atoms with Crippen molar-refractivity contribution in [3.05, 3.63) is 71.3 Å². The summed E-state index contributed by atoms with van der Waals surface area (Å²) in [5.41, 5.74) is -0.529. The summed E-state index contributed by atoms with van der Waals surface area (Å²) in [5.74, 6) is 0. The highest BCUT2D eigenvalue weighted by atomic mass is 35.5. The van der Waals surface area contributed by atoms with E-state index in [1.807, 2.05) is 48.5 Å².